The number of imidazole rings is 1. The van der Waals surface area contributed by atoms with Crippen molar-refractivity contribution in [2.75, 3.05) is 0 Å². The molecule has 0 saturated carbocycles. The van der Waals surface area contributed by atoms with Crippen molar-refractivity contribution in [3.63, 3.8) is 0 Å². The zero-order valence-corrected chi connectivity index (χ0v) is 14.0. The molecule has 2 heterocycles. The first-order chi connectivity index (χ1) is 12.3. The Kier molecular flexibility index (Phi) is 4.50. The van der Waals surface area contributed by atoms with Gasteiger partial charge < -0.3 is 0 Å². The smallest absolute Gasteiger partial charge is 0.295 e. The summed E-state index contributed by atoms with van der Waals surface area (Å²) in [6, 6.07) is 8.65. The van der Waals surface area contributed by atoms with Gasteiger partial charge in [0, 0.05) is 11.8 Å². The van der Waals surface area contributed by atoms with Crippen molar-refractivity contribution in [2.45, 2.75) is 20.0 Å². The van der Waals surface area contributed by atoms with Gasteiger partial charge in [0.2, 0.25) is 0 Å². The molecule has 5 nitrogen and oxygen atoms in total. The lowest BCUT2D eigenvalue weighted by atomic mass is 10.1. The highest BCUT2D eigenvalue weighted by atomic mass is 19.4. The first-order valence-corrected chi connectivity index (χ1v) is 7.72. The highest BCUT2D eigenvalue weighted by molar-refractivity contribution is 5.95. The lowest BCUT2D eigenvalue weighted by molar-refractivity contribution is -0.137. The van der Waals surface area contributed by atoms with Gasteiger partial charge in [-0.15, -0.1) is 0 Å². The summed E-state index contributed by atoms with van der Waals surface area (Å²) in [7, 11) is 0. The maximum absolute atomic E-state index is 13.0. The number of halogens is 3. The molecule has 1 amide bonds. The highest BCUT2D eigenvalue weighted by Crippen LogP contribution is 2.31. The fraction of sp³-hybridized carbons (Fsp3) is 0.167. The van der Waals surface area contributed by atoms with Crippen LogP contribution in [0.3, 0.4) is 0 Å². The van der Waals surface area contributed by atoms with Gasteiger partial charge in [-0.1, -0.05) is 24.3 Å². The van der Waals surface area contributed by atoms with Crippen molar-refractivity contribution in [3.05, 3.63) is 70.7 Å². The molecule has 0 unspecified atom stereocenters. The Balaban J connectivity index is 1.86. The van der Waals surface area contributed by atoms with E-state index in [1.165, 1.54) is 18.2 Å². The Labute approximate surface area is 147 Å². The van der Waals surface area contributed by atoms with Gasteiger partial charge in [-0.2, -0.15) is 18.3 Å². The number of benzene rings is 1. The molecule has 3 rings (SSSR count). The molecule has 2 aromatic heterocycles. The first-order valence-electron chi connectivity index (χ1n) is 7.72. The molecule has 3 aromatic rings. The lowest BCUT2D eigenvalue weighted by Gasteiger charge is -2.09. The van der Waals surface area contributed by atoms with E-state index in [-0.39, 0.29) is 11.3 Å². The third-order valence-corrected chi connectivity index (χ3v) is 3.79. The predicted octanol–water partition coefficient (Wildman–Crippen LogP) is 3.73. The highest BCUT2D eigenvalue weighted by Gasteiger charge is 2.32. The number of fused-ring (bicyclic) bond motifs is 1. The number of nitrogens with zero attached hydrogens (tertiary/aromatic N) is 3. The van der Waals surface area contributed by atoms with E-state index < -0.39 is 17.6 Å². The molecule has 0 radical (unpaired) electrons. The van der Waals surface area contributed by atoms with Crippen LogP contribution in [0.15, 0.2) is 47.7 Å². The topological polar surface area (TPSA) is 58.8 Å². The standard InChI is InChI=1S/C18H15F3N4O/c1-11-7-8-15-23-12(2)16(25(15)10-11)17(26)24-22-9-13-5-3-4-6-14(13)18(19,20)21/h3-10H,1-2H3,(H,24,26)/b22-9-. The number of hydrazone groups is 1. The van der Waals surface area contributed by atoms with E-state index >= 15 is 0 Å². The summed E-state index contributed by atoms with van der Waals surface area (Å²) >= 11 is 0. The van der Waals surface area contributed by atoms with Crippen LogP contribution in [0.25, 0.3) is 5.65 Å². The summed E-state index contributed by atoms with van der Waals surface area (Å²) in [6.45, 7) is 3.56. The quantitative estimate of drug-likeness (QED) is 0.571. The molecule has 0 atom stereocenters. The fourth-order valence-electron chi connectivity index (χ4n) is 2.62. The van der Waals surface area contributed by atoms with Crippen LogP contribution in [-0.4, -0.2) is 21.5 Å². The minimum Gasteiger partial charge on any atom is -0.295 e. The third-order valence-electron chi connectivity index (χ3n) is 3.79. The molecule has 0 bridgehead atoms. The van der Waals surface area contributed by atoms with Crippen LogP contribution in [0.5, 0.6) is 0 Å². The molecular formula is C18H15F3N4O. The Bertz CT molecular complexity index is 1010. The second-order valence-electron chi connectivity index (χ2n) is 5.76. The van der Waals surface area contributed by atoms with Crippen LogP contribution in [0.1, 0.15) is 32.9 Å². The van der Waals surface area contributed by atoms with Crippen LogP contribution in [0, 0.1) is 13.8 Å². The number of aryl methyl sites for hydroxylation is 2. The number of amides is 1. The molecule has 0 saturated heterocycles. The maximum atomic E-state index is 13.0. The SMILES string of the molecule is Cc1ccc2nc(C)c(C(=O)N/N=C\c3ccccc3C(F)(F)F)n2c1. The molecule has 26 heavy (non-hydrogen) atoms. The average Bonchev–Trinajstić information content (AvgIpc) is 2.89. The van der Waals surface area contributed by atoms with E-state index in [0.29, 0.717) is 11.3 Å². The number of carbonyl (C=O) groups is 1. The van der Waals surface area contributed by atoms with Crippen molar-refractivity contribution in [3.8, 4) is 0 Å². The van der Waals surface area contributed by atoms with Gasteiger partial charge in [0.1, 0.15) is 11.3 Å². The zero-order chi connectivity index (χ0) is 18.9. The van der Waals surface area contributed by atoms with Crippen LogP contribution < -0.4 is 5.43 Å². The van der Waals surface area contributed by atoms with Gasteiger partial charge in [0.15, 0.2) is 0 Å². The number of rotatable bonds is 3. The minimum atomic E-state index is -4.50. The van der Waals surface area contributed by atoms with Crippen molar-refractivity contribution >= 4 is 17.8 Å². The largest absolute Gasteiger partial charge is 0.417 e. The fourth-order valence-corrected chi connectivity index (χ4v) is 2.62. The molecule has 0 aliphatic rings. The molecule has 0 spiro atoms. The second kappa shape index (κ2) is 6.62. The number of carbonyl (C=O) groups excluding carboxylic acids is 1. The summed E-state index contributed by atoms with van der Waals surface area (Å²) in [5, 5.41) is 3.68. The Hall–Kier alpha value is -3.16. The van der Waals surface area contributed by atoms with E-state index in [1.54, 1.807) is 23.6 Å². The van der Waals surface area contributed by atoms with Crippen molar-refractivity contribution in [2.24, 2.45) is 5.10 Å². The van der Waals surface area contributed by atoms with E-state index in [9.17, 15) is 18.0 Å². The molecule has 0 aliphatic heterocycles. The summed E-state index contributed by atoms with van der Waals surface area (Å²) in [5.74, 6) is -0.554. The van der Waals surface area contributed by atoms with Gasteiger partial charge in [-0.3, -0.25) is 9.20 Å². The molecule has 1 N–H and O–H groups in total. The van der Waals surface area contributed by atoms with E-state index in [4.69, 9.17) is 0 Å². The van der Waals surface area contributed by atoms with Crippen LogP contribution >= 0.6 is 0 Å². The monoisotopic (exact) mass is 360 g/mol. The first kappa shape index (κ1) is 17.7. The van der Waals surface area contributed by atoms with Crippen LogP contribution in [-0.2, 0) is 6.18 Å². The molecular weight excluding hydrogens is 345 g/mol. The molecule has 0 aliphatic carbocycles. The van der Waals surface area contributed by atoms with Gasteiger partial charge >= 0.3 is 6.18 Å². The number of hydrogen-bond acceptors (Lipinski definition) is 3. The second-order valence-corrected chi connectivity index (χ2v) is 5.76. The average molecular weight is 360 g/mol. The van der Waals surface area contributed by atoms with E-state index in [0.717, 1.165) is 17.8 Å². The van der Waals surface area contributed by atoms with E-state index in [1.807, 2.05) is 13.0 Å². The van der Waals surface area contributed by atoms with Crippen molar-refractivity contribution in [1.82, 2.24) is 14.8 Å². The third kappa shape index (κ3) is 3.44. The lowest BCUT2D eigenvalue weighted by Crippen LogP contribution is -2.21. The van der Waals surface area contributed by atoms with Gasteiger partial charge in [-0.05, 0) is 31.5 Å². The minimum absolute atomic E-state index is 0.133. The van der Waals surface area contributed by atoms with Crippen LogP contribution in [0.2, 0.25) is 0 Å². The van der Waals surface area contributed by atoms with Crippen molar-refractivity contribution in [1.29, 1.82) is 0 Å². The number of nitrogens with one attached hydrogen (secondary N) is 1. The Morgan fingerprint density at radius 2 is 1.92 bits per heavy atom. The van der Waals surface area contributed by atoms with Gasteiger partial charge in [0.05, 0.1) is 17.5 Å². The normalized spacial score (nSPS) is 12.0. The Morgan fingerprint density at radius 3 is 2.65 bits per heavy atom. The zero-order valence-electron chi connectivity index (χ0n) is 14.0. The Morgan fingerprint density at radius 1 is 1.19 bits per heavy atom. The molecule has 1 aromatic carbocycles. The summed E-state index contributed by atoms with van der Waals surface area (Å²) in [4.78, 5) is 16.7. The summed E-state index contributed by atoms with van der Waals surface area (Å²) in [5.41, 5.74) is 3.63. The molecule has 0 fully saturated rings. The number of aromatic nitrogens is 2. The van der Waals surface area contributed by atoms with Crippen LogP contribution in [0.4, 0.5) is 13.2 Å². The predicted molar refractivity (Wildman–Crippen MR) is 91.2 cm³/mol. The number of pyridine rings is 1. The number of hydrogen-bond donors (Lipinski definition) is 1. The summed E-state index contributed by atoms with van der Waals surface area (Å²) in [6.07, 6.45) is -1.76. The van der Waals surface area contributed by atoms with Gasteiger partial charge in [0.25, 0.3) is 5.91 Å². The molecule has 134 valence electrons. The van der Waals surface area contributed by atoms with Crippen molar-refractivity contribution < 1.29 is 18.0 Å². The van der Waals surface area contributed by atoms with E-state index in [2.05, 4.69) is 15.5 Å². The maximum Gasteiger partial charge on any atom is 0.417 e. The molecule has 8 heteroatoms. The summed E-state index contributed by atoms with van der Waals surface area (Å²) < 4.78 is 40.5. The number of alkyl halides is 3. The van der Waals surface area contributed by atoms with Gasteiger partial charge in [-0.25, -0.2) is 10.4 Å².